The first-order valence-corrected chi connectivity index (χ1v) is 20.8. The smallest absolute Gasteiger partial charge is 0.141 e. The third-order valence-corrected chi connectivity index (χ3v) is 12.3. The molecule has 3 nitrogen and oxygen atoms in total. The number of benzene rings is 8. The van der Waals surface area contributed by atoms with Crippen LogP contribution in [0.5, 0.6) is 0 Å². The van der Waals surface area contributed by atoms with Crippen LogP contribution in [-0.2, 0) is 10.8 Å². The van der Waals surface area contributed by atoms with Crippen molar-refractivity contribution in [1.82, 2.24) is 9.13 Å². The average molecular weight is 763 g/mol. The fraction of sp³-hybridized carbons (Fsp3) is 0.143. The molecule has 0 saturated heterocycles. The molecule has 286 valence electrons. The normalized spacial score (nSPS) is 12.6. The van der Waals surface area contributed by atoms with Crippen LogP contribution < -0.4 is 0 Å². The van der Waals surface area contributed by atoms with Gasteiger partial charge in [0.2, 0.25) is 0 Å². The highest BCUT2D eigenvalue weighted by Gasteiger charge is 2.31. The zero-order chi connectivity index (χ0) is 40.2. The second-order valence-electron chi connectivity index (χ2n) is 18.2. The number of rotatable bonds is 4. The Morgan fingerprint density at radius 2 is 0.864 bits per heavy atom. The molecule has 0 fully saturated rings. The Hall–Kier alpha value is -6.84. The highest BCUT2D eigenvalue weighted by molar-refractivity contribution is 6.19. The van der Waals surface area contributed by atoms with E-state index in [9.17, 15) is 0 Å². The van der Waals surface area contributed by atoms with E-state index in [-0.39, 0.29) is 10.8 Å². The lowest BCUT2D eigenvalue weighted by Gasteiger charge is -2.24. The van der Waals surface area contributed by atoms with Crippen molar-refractivity contribution in [3.05, 3.63) is 181 Å². The monoisotopic (exact) mass is 762 g/mol. The number of para-hydroxylation sites is 3. The summed E-state index contributed by atoms with van der Waals surface area (Å²) in [5, 5.41) is 7.21. The van der Waals surface area contributed by atoms with E-state index in [2.05, 4.69) is 221 Å². The van der Waals surface area contributed by atoms with E-state index < -0.39 is 0 Å². The van der Waals surface area contributed by atoms with Crippen LogP contribution in [-0.4, -0.2) is 9.13 Å². The van der Waals surface area contributed by atoms with Crippen LogP contribution in [0.2, 0.25) is 0 Å². The summed E-state index contributed by atoms with van der Waals surface area (Å²) < 4.78 is 12.3. The molecule has 0 aliphatic rings. The first-order valence-electron chi connectivity index (χ1n) is 20.8. The maximum absolute atomic E-state index is 7.37. The Bertz CT molecular complexity index is 3380. The lowest BCUT2D eigenvalue weighted by molar-refractivity contribution is 0.557. The molecule has 3 heteroatoms. The lowest BCUT2D eigenvalue weighted by atomic mass is 9.82. The largest absolute Gasteiger partial charge is 0.455 e. The molecule has 11 rings (SSSR count). The lowest BCUT2D eigenvalue weighted by Crippen LogP contribution is -2.13. The van der Waals surface area contributed by atoms with Gasteiger partial charge in [0.1, 0.15) is 11.2 Å². The average Bonchev–Trinajstić information content (AvgIpc) is 3.90. The first-order chi connectivity index (χ1) is 28.6. The van der Waals surface area contributed by atoms with Crippen LogP contribution in [0.25, 0.3) is 99.2 Å². The molecule has 11 aromatic rings. The summed E-state index contributed by atoms with van der Waals surface area (Å²) in [6.45, 7) is 13.8. The molecule has 0 radical (unpaired) electrons. The molecule has 0 amide bonds. The zero-order valence-corrected chi connectivity index (χ0v) is 34.5. The van der Waals surface area contributed by atoms with Crippen molar-refractivity contribution in [2.24, 2.45) is 0 Å². The number of nitrogens with zero attached hydrogens (tertiary/aromatic N) is 2. The van der Waals surface area contributed by atoms with E-state index in [0.717, 1.165) is 44.3 Å². The SMILES string of the molecule is CC(C)(C)c1cc(-c2ccccc2)cc2c1oc1c(C(C)(C)C)cc(-c3ccccc3)c(-n3c4ccccc4c4ccc(-n5c6ccccc6c6ccccc65)cc43)c12. The van der Waals surface area contributed by atoms with Crippen LogP contribution in [0.3, 0.4) is 0 Å². The maximum Gasteiger partial charge on any atom is 0.141 e. The van der Waals surface area contributed by atoms with Crippen molar-refractivity contribution in [3.63, 3.8) is 0 Å². The predicted molar refractivity (Wildman–Crippen MR) is 251 cm³/mol. The zero-order valence-electron chi connectivity index (χ0n) is 34.5. The minimum absolute atomic E-state index is 0.175. The van der Waals surface area contributed by atoms with Crippen molar-refractivity contribution < 1.29 is 4.42 Å². The fourth-order valence-corrected chi connectivity index (χ4v) is 9.56. The van der Waals surface area contributed by atoms with Gasteiger partial charge in [0.25, 0.3) is 0 Å². The van der Waals surface area contributed by atoms with Gasteiger partial charge in [-0.2, -0.15) is 0 Å². The van der Waals surface area contributed by atoms with Gasteiger partial charge in [-0.15, -0.1) is 0 Å². The first kappa shape index (κ1) is 35.3. The van der Waals surface area contributed by atoms with E-state index in [1.165, 1.54) is 66.0 Å². The van der Waals surface area contributed by atoms with Gasteiger partial charge in [-0.05, 0) is 76.1 Å². The number of furan rings is 1. The molecular weight excluding hydrogens is 717 g/mol. The fourth-order valence-electron chi connectivity index (χ4n) is 9.56. The van der Waals surface area contributed by atoms with Gasteiger partial charge in [-0.1, -0.05) is 163 Å². The van der Waals surface area contributed by atoms with Crippen LogP contribution in [0.1, 0.15) is 52.7 Å². The van der Waals surface area contributed by atoms with E-state index in [0.29, 0.717) is 0 Å². The predicted octanol–water partition coefficient (Wildman–Crippen LogP) is 15.7. The molecular formula is C56H46N2O. The van der Waals surface area contributed by atoms with Crippen molar-refractivity contribution in [3.8, 4) is 33.6 Å². The topological polar surface area (TPSA) is 23.0 Å². The summed E-state index contributed by atoms with van der Waals surface area (Å²) in [6, 6.07) is 62.3. The molecule has 0 unspecified atom stereocenters. The summed E-state index contributed by atoms with van der Waals surface area (Å²) in [4.78, 5) is 0. The third-order valence-electron chi connectivity index (χ3n) is 12.3. The van der Waals surface area contributed by atoms with Crippen molar-refractivity contribution in [2.45, 2.75) is 52.4 Å². The third kappa shape index (κ3) is 5.41. The highest BCUT2D eigenvalue weighted by Crippen LogP contribution is 2.49. The van der Waals surface area contributed by atoms with Gasteiger partial charge >= 0.3 is 0 Å². The summed E-state index contributed by atoms with van der Waals surface area (Å²) in [7, 11) is 0. The van der Waals surface area contributed by atoms with E-state index >= 15 is 0 Å². The Morgan fingerprint density at radius 3 is 1.44 bits per heavy atom. The minimum atomic E-state index is -0.205. The Balaban J connectivity index is 1.36. The minimum Gasteiger partial charge on any atom is -0.455 e. The summed E-state index contributed by atoms with van der Waals surface area (Å²) in [6.07, 6.45) is 0. The van der Waals surface area contributed by atoms with E-state index in [4.69, 9.17) is 4.42 Å². The number of aromatic nitrogens is 2. The quantitative estimate of drug-likeness (QED) is 0.175. The molecule has 3 aromatic heterocycles. The van der Waals surface area contributed by atoms with Crippen LogP contribution in [0.15, 0.2) is 174 Å². The molecule has 0 aliphatic carbocycles. The van der Waals surface area contributed by atoms with Gasteiger partial charge in [-0.3, -0.25) is 0 Å². The van der Waals surface area contributed by atoms with Gasteiger partial charge < -0.3 is 13.6 Å². The number of fused-ring (bicyclic) bond motifs is 9. The second-order valence-corrected chi connectivity index (χ2v) is 18.2. The molecule has 3 heterocycles. The summed E-state index contributed by atoms with van der Waals surface area (Å²) in [5.74, 6) is 0. The van der Waals surface area contributed by atoms with Gasteiger partial charge in [0.15, 0.2) is 0 Å². The Kier molecular flexibility index (Phi) is 7.68. The molecule has 0 N–H and O–H groups in total. The molecule has 0 atom stereocenters. The molecule has 59 heavy (non-hydrogen) atoms. The van der Waals surface area contributed by atoms with Crippen LogP contribution in [0, 0.1) is 0 Å². The standard InChI is InChI=1S/C56H46N2O/c1-55(2,3)45-32-37(35-19-9-7-10-20-35)31-44-51-52(43(36-21-11-8-12-22-36)34-46(56(4,5)6)54(51)59-53(44)45)58-49-28-18-15-25-41(49)42-30-29-38(33-50(42)58)57-47-26-16-13-23-39(47)40-24-14-17-27-48(40)57/h7-34H,1-6H3. The Labute approximate surface area is 344 Å². The highest BCUT2D eigenvalue weighted by atomic mass is 16.3. The number of hydrogen-bond donors (Lipinski definition) is 0. The van der Waals surface area contributed by atoms with Crippen molar-refractivity contribution in [1.29, 1.82) is 0 Å². The van der Waals surface area contributed by atoms with Crippen LogP contribution >= 0.6 is 0 Å². The van der Waals surface area contributed by atoms with Crippen LogP contribution in [0.4, 0.5) is 0 Å². The second kappa shape index (κ2) is 12.8. The molecule has 0 aliphatic heterocycles. The molecule has 0 bridgehead atoms. The summed E-state index contributed by atoms with van der Waals surface area (Å²) in [5.41, 5.74) is 15.6. The van der Waals surface area contributed by atoms with E-state index in [1.807, 2.05) is 0 Å². The van der Waals surface area contributed by atoms with E-state index in [1.54, 1.807) is 0 Å². The number of hydrogen-bond acceptors (Lipinski definition) is 1. The van der Waals surface area contributed by atoms with Gasteiger partial charge in [0.05, 0.1) is 33.1 Å². The van der Waals surface area contributed by atoms with Gasteiger partial charge in [0, 0.05) is 49.3 Å². The molecule has 0 saturated carbocycles. The maximum atomic E-state index is 7.37. The van der Waals surface area contributed by atoms with Gasteiger partial charge in [-0.25, -0.2) is 0 Å². The molecule has 8 aromatic carbocycles. The molecule has 0 spiro atoms. The summed E-state index contributed by atoms with van der Waals surface area (Å²) >= 11 is 0. The van der Waals surface area contributed by atoms with Crippen molar-refractivity contribution in [2.75, 3.05) is 0 Å². The Morgan fingerprint density at radius 1 is 0.373 bits per heavy atom. The van der Waals surface area contributed by atoms with Crippen molar-refractivity contribution >= 4 is 65.6 Å².